The minimum absolute atomic E-state index is 0.122. The molecule has 2 aromatic rings. The summed E-state index contributed by atoms with van der Waals surface area (Å²) >= 11 is 0. The molecule has 0 saturated heterocycles. The van der Waals surface area contributed by atoms with E-state index in [-0.39, 0.29) is 11.2 Å². The lowest BCUT2D eigenvalue weighted by atomic mass is 9.88. The van der Waals surface area contributed by atoms with Gasteiger partial charge in [-0.25, -0.2) is 12.8 Å². The van der Waals surface area contributed by atoms with Crippen molar-refractivity contribution in [3.63, 3.8) is 0 Å². The largest absolute Gasteiger partial charge is 0.482 e. The van der Waals surface area contributed by atoms with E-state index in [1.807, 2.05) is 12.1 Å². The van der Waals surface area contributed by atoms with Crippen LogP contribution in [0.5, 0.6) is 5.88 Å². The highest BCUT2D eigenvalue weighted by Crippen LogP contribution is 2.29. The van der Waals surface area contributed by atoms with Gasteiger partial charge in [-0.15, -0.1) is 10.2 Å². The molecule has 0 saturated carbocycles. The molecule has 0 aliphatic carbocycles. The van der Waals surface area contributed by atoms with Crippen molar-refractivity contribution in [2.24, 2.45) is 0 Å². The summed E-state index contributed by atoms with van der Waals surface area (Å²) in [4.78, 5) is 0. The van der Waals surface area contributed by atoms with E-state index in [0.717, 1.165) is 5.56 Å². The Morgan fingerprint density at radius 1 is 1.25 bits per heavy atom. The summed E-state index contributed by atoms with van der Waals surface area (Å²) in [7, 11) is -1.65. The average Bonchev–Trinajstić information content (AvgIpc) is 2.68. The van der Waals surface area contributed by atoms with Crippen molar-refractivity contribution in [2.75, 3.05) is 13.4 Å². The van der Waals surface area contributed by atoms with Crippen LogP contribution in [-0.2, 0) is 21.0 Å². The number of rotatable bonds is 3. The van der Waals surface area contributed by atoms with Crippen molar-refractivity contribution in [2.45, 2.75) is 31.9 Å². The van der Waals surface area contributed by atoms with E-state index in [2.05, 4.69) is 31.0 Å². The van der Waals surface area contributed by atoms with E-state index in [0.29, 0.717) is 17.4 Å². The van der Waals surface area contributed by atoms with Crippen molar-refractivity contribution >= 4 is 15.5 Å². The molecule has 0 amide bonds. The van der Waals surface area contributed by atoms with Crippen molar-refractivity contribution in [3.05, 3.63) is 23.5 Å². The quantitative estimate of drug-likeness (QED) is 0.860. The fourth-order valence-corrected chi connectivity index (χ4v) is 2.75. The van der Waals surface area contributed by atoms with E-state index >= 15 is 0 Å². The van der Waals surface area contributed by atoms with Gasteiger partial charge < -0.3 is 4.74 Å². The third kappa shape index (κ3) is 2.77. The molecular formula is C13H19N3O3S. The zero-order valence-corrected chi connectivity index (χ0v) is 13.2. The number of hydrogen-bond acceptors (Lipinski definition) is 5. The van der Waals surface area contributed by atoms with Gasteiger partial charge in [-0.2, -0.15) is 0 Å². The van der Waals surface area contributed by atoms with Gasteiger partial charge in [0.15, 0.2) is 21.3 Å². The molecule has 0 aliphatic rings. The van der Waals surface area contributed by atoms with E-state index in [4.69, 9.17) is 4.74 Å². The van der Waals surface area contributed by atoms with Crippen molar-refractivity contribution < 1.29 is 13.2 Å². The second-order valence-corrected chi connectivity index (χ2v) is 8.02. The van der Waals surface area contributed by atoms with Crippen LogP contribution in [-0.4, -0.2) is 36.4 Å². The van der Waals surface area contributed by atoms with Gasteiger partial charge in [-0.05, 0) is 17.5 Å². The third-order valence-electron chi connectivity index (χ3n) is 2.99. The number of aromatic nitrogens is 3. The summed E-state index contributed by atoms with van der Waals surface area (Å²) < 4.78 is 30.0. The number of sulfone groups is 1. The average molecular weight is 297 g/mol. The maximum atomic E-state index is 11.5. The Bertz CT molecular complexity index is 742. The van der Waals surface area contributed by atoms with Crippen LogP contribution in [0.3, 0.4) is 0 Å². The fraction of sp³-hybridized carbons (Fsp3) is 0.538. The molecular weight excluding hydrogens is 278 g/mol. The van der Waals surface area contributed by atoms with Gasteiger partial charge in [0.25, 0.3) is 0 Å². The molecule has 0 N–H and O–H groups in total. The molecule has 0 aromatic carbocycles. The highest BCUT2D eigenvalue weighted by molar-refractivity contribution is 7.89. The Hall–Kier alpha value is -1.63. The summed E-state index contributed by atoms with van der Waals surface area (Å²) in [6.45, 7) is 6.21. The molecule has 0 unspecified atom stereocenters. The molecule has 2 rings (SSSR count). The van der Waals surface area contributed by atoms with Gasteiger partial charge in [0.1, 0.15) is 5.75 Å². The summed E-state index contributed by atoms with van der Waals surface area (Å²) in [6, 6.07) is 3.75. The van der Waals surface area contributed by atoms with Crippen LogP contribution in [0.1, 0.15) is 32.2 Å². The van der Waals surface area contributed by atoms with Crippen LogP contribution in [0.4, 0.5) is 0 Å². The first kappa shape index (κ1) is 14.8. The molecule has 0 radical (unpaired) electrons. The van der Waals surface area contributed by atoms with Crippen LogP contribution in [0.15, 0.2) is 12.1 Å². The number of pyridine rings is 1. The lowest BCUT2D eigenvalue weighted by molar-refractivity contribution is 0.390. The number of ether oxygens (including phenoxy) is 1. The van der Waals surface area contributed by atoms with Gasteiger partial charge >= 0.3 is 0 Å². The van der Waals surface area contributed by atoms with Gasteiger partial charge in [0, 0.05) is 11.8 Å². The van der Waals surface area contributed by atoms with Crippen LogP contribution < -0.4 is 4.74 Å². The molecule has 110 valence electrons. The second-order valence-electron chi connectivity index (χ2n) is 5.88. The minimum atomic E-state index is -3.19. The lowest BCUT2D eigenvalue weighted by Crippen LogP contribution is -2.14. The van der Waals surface area contributed by atoms with Gasteiger partial charge in [0.2, 0.25) is 5.88 Å². The molecule has 0 aliphatic heterocycles. The molecule has 0 bridgehead atoms. The predicted octanol–water partition coefficient (Wildman–Crippen LogP) is 1.58. The Labute approximate surface area is 118 Å². The van der Waals surface area contributed by atoms with Crippen molar-refractivity contribution in [3.8, 4) is 5.88 Å². The first-order valence-corrected chi connectivity index (χ1v) is 8.29. The molecule has 2 aromatic heterocycles. The zero-order chi connectivity index (χ0) is 15.1. The maximum Gasteiger partial charge on any atom is 0.200 e. The Morgan fingerprint density at radius 2 is 1.90 bits per heavy atom. The van der Waals surface area contributed by atoms with Crippen LogP contribution >= 0.6 is 0 Å². The molecule has 0 spiro atoms. The molecule has 7 heteroatoms. The summed E-state index contributed by atoms with van der Waals surface area (Å²) in [5.41, 5.74) is 1.50. The van der Waals surface area contributed by atoms with E-state index < -0.39 is 9.84 Å². The van der Waals surface area contributed by atoms with Gasteiger partial charge in [-0.3, -0.25) is 0 Å². The Morgan fingerprint density at radius 3 is 2.40 bits per heavy atom. The van der Waals surface area contributed by atoms with Gasteiger partial charge in [0.05, 0.1) is 7.11 Å². The van der Waals surface area contributed by atoms with E-state index in [1.165, 1.54) is 13.4 Å². The summed E-state index contributed by atoms with van der Waals surface area (Å²) in [5, 5.41) is 8.16. The Kier molecular flexibility index (Phi) is 3.49. The van der Waals surface area contributed by atoms with Crippen LogP contribution in [0.2, 0.25) is 0 Å². The molecule has 0 atom stereocenters. The maximum absolute atomic E-state index is 11.5. The molecule has 2 heterocycles. The van der Waals surface area contributed by atoms with E-state index in [1.54, 1.807) is 4.40 Å². The van der Waals surface area contributed by atoms with Crippen LogP contribution in [0, 0.1) is 0 Å². The second kappa shape index (κ2) is 4.73. The number of fused-ring (bicyclic) bond motifs is 1. The third-order valence-corrected chi connectivity index (χ3v) is 3.77. The summed E-state index contributed by atoms with van der Waals surface area (Å²) in [5.74, 6) is 0.722. The van der Waals surface area contributed by atoms with Crippen molar-refractivity contribution in [1.29, 1.82) is 0 Å². The van der Waals surface area contributed by atoms with Crippen molar-refractivity contribution in [1.82, 2.24) is 14.6 Å². The SMILES string of the molecule is COc1ccc(C(C)(C)C)c2nnc(CS(C)(=O)=O)n12. The first-order chi connectivity index (χ1) is 9.13. The van der Waals surface area contributed by atoms with Crippen LogP contribution in [0.25, 0.3) is 5.65 Å². The predicted molar refractivity (Wildman–Crippen MR) is 76.8 cm³/mol. The normalized spacial score (nSPS) is 12.8. The lowest BCUT2D eigenvalue weighted by Gasteiger charge is -2.20. The number of nitrogens with zero attached hydrogens (tertiary/aromatic N) is 3. The monoisotopic (exact) mass is 297 g/mol. The van der Waals surface area contributed by atoms with E-state index in [9.17, 15) is 8.42 Å². The number of hydrogen-bond donors (Lipinski definition) is 0. The summed E-state index contributed by atoms with van der Waals surface area (Å²) in [6.07, 6.45) is 1.17. The smallest absolute Gasteiger partial charge is 0.200 e. The molecule has 20 heavy (non-hydrogen) atoms. The minimum Gasteiger partial charge on any atom is -0.482 e. The zero-order valence-electron chi connectivity index (χ0n) is 12.3. The molecule has 6 nitrogen and oxygen atoms in total. The topological polar surface area (TPSA) is 73.6 Å². The fourth-order valence-electron chi connectivity index (χ4n) is 2.10. The number of methoxy groups -OCH3 is 1. The van der Waals surface area contributed by atoms with Gasteiger partial charge in [-0.1, -0.05) is 20.8 Å². The Balaban J connectivity index is 2.75. The standard InChI is InChI=1S/C13H19N3O3S/c1-13(2,3)9-6-7-11(19-4)16-10(8-20(5,17)18)14-15-12(9)16/h6-7H,8H2,1-5H3. The molecule has 0 fully saturated rings. The highest BCUT2D eigenvalue weighted by atomic mass is 32.2. The highest BCUT2D eigenvalue weighted by Gasteiger charge is 2.23. The first-order valence-electron chi connectivity index (χ1n) is 6.22.